The fourth-order valence-electron chi connectivity index (χ4n) is 4.42. The largest absolute Gasteiger partial charge is 0.352 e. The Morgan fingerprint density at radius 3 is 2.62 bits per heavy atom. The Morgan fingerprint density at radius 1 is 1.03 bits per heavy atom. The van der Waals surface area contributed by atoms with Gasteiger partial charge in [0.15, 0.2) is 5.11 Å². The van der Waals surface area contributed by atoms with Crippen molar-refractivity contribution in [2.24, 2.45) is 0 Å². The smallest absolute Gasteiger partial charge is 0.244 e. The zero-order chi connectivity index (χ0) is 23.5. The number of rotatable bonds is 6. The Balaban J connectivity index is 1.52. The van der Waals surface area contributed by atoms with E-state index >= 15 is 0 Å². The van der Waals surface area contributed by atoms with Crippen LogP contribution in [-0.2, 0) is 4.79 Å². The molecule has 0 bridgehead atoms. The van der Waals surface area contributed by atoms with Gasteiger partial charge >= 0.3 is 0 Å². The van der Waals surface area contributed by atoms with Crippen molar-refractivity contribution in [2.45, 2.75) is 19.0 Å². The molecule has 1 amide bonds. The lowest BCUT2D eigenvalue weighted by atomic mass is 10.0. The summed E-state index contributed by atoms with van der Waals surface area (Å²) in [5.41, 5.74) is 4.90. The molecule has 34 heavy (non-hydrogen) atoms. The van der Waals surface area contributed by atoms with E-state index in [9.17, 15) is 4.79 Å². The third-order valence-electron chi connectivity index (χ3n) is 5.93. The van der Waals surface area contributed by atoms with Crippen LogP contribution in [0.15, 0.2) is 97.3 Å². The van der Waals surface area contributed by atoms with Crippen molar-refractivity contribution in [3.8, 4) is 5.69 Å². The first kappa shape index (κ1) is 21.9. The van der Waals surface area contributed by atoms with Crippen LogP contribution in [0.3, 0.4) is 0 Å². The molecule has 7 heteroatoms. The molecule has 0 radical (unpaired) electrons. The second-order valence-corrected chi connectivity index (χ2v) is 8.70. The molecule has 4 aromatic rings. The second-order valence-electron chi connectivity index (χ2n) is 8.31. The van der Waals surface area contributed by atoms with Crippen LogP contribution in [0.25, 0.3) is 5.69 Å². The standard InChI is InChI=1S/C27H25N5OS/c1-19-9-7-12-21(17-19)31-16-8-14-23(31)26-25(22-13-5-6-15-28-22)30-27(34)32(26)18-24(33)29-20-10-3-2-4-11-20/h2-17,25-26H,18H2,1H3,(H,29,33)(H,30,34)/t25-,26+/m1/s1. The number of carbonyl (C=O) groups excluding carboxylic acids is 1. The predicted octanol–water partition coefficient (Wildman–Crippen LogP) is 4.79. The molecule has 1 saturated heterocycles. The Bertz CT molecular complexity index is 1300. The molecular weight excluding hydrogens is 442 g/mol. The van der Waals surface area contributed by atoms with Crippen LogP contribution in [0, 0.1) is 6.92 Å². The van der Waals surface area contributed by atoms with Gasteiger partial charge in [-0.1, -0.05) is 36.4 Å². The van der Waals surface area contributed by atoms with Crippen LogP contribution in [0.5, 0.6) is 0 Å². The quantitative estimate of drug-likeness (QED) is 0.399. The molecule has 2 aromatic carbocycles. The Hall–Kier alpha value is -3.97. The first-order chi connectivity index (χ1) is 16.6. The summed E-state index contributed by atoms with van der Waals surface area (Å²) in [6.45, 7) is 2.20. The van der Waals surface area contributed by atoms with E-state index in [-0.39, 0.29) is 24.5 Å². The molecular formula is C27H25N5OS. The van der Waals surface area contributed by atoms with Crippen LogP contribution >= 0.6 is 12.2 Å². The Kier molecular flexibility index (Phi) is 6.10. The van der Waals surface area contributed by atoms with Gasteiger partial charge in [-0.25, -0.2) is 0 Å². The summed E-state index contributed by atoms with van der Waals surface area (Å²) in [6.07, 6.45) is 3.82. The van der Waals surface area contributed by atoms with Crippen molar-refractivity contribution in [1.29, 1.82) is 0 Å². The third-order valence-corrected chi connectivity index (χ3v) is 6.28. The SMILES string of the molecule is Cc1cccc(-n2cccc2[C@H]2[C@@H](c3ccccn3)NC(=S)N2CC(=O)Nc2ccccc2)c1. The van der Waals surface area contributed by atoms with Crippen molar-refractivity contribution < 1.29 is 4.79 Å². The average molecular weight is 468 g/mol. The zero-order valence-electron chi connectivity index (χ0n) is 18.8. The minimum Gasteiger partial charge on any atom is -0.352 e. The van der Waals surface area contributed by atoms with E-state index in [4.69, 9.17) is 12.2 Å². The highest BCUT2D eigenvalue weighted by atomic mass is 32.1. The number of anilines is 1. The van der Waals surface area contributed by atoms with Crippen molar-refractivity contribution in [3.05, 3.63) is 114 Å². The van der Waals surface area contributed by atoms with Gasteiger partial charge in [0.1, 0.15) is 6.54 Å². The first-order valence-corrected chi connectivity index (χ1v) is 11.6. The van der Waals surface area contributed by atoms with E-state index in [1.54, 1.807) is 6.20 Å². The minimum absolute atomic E-state index is 0.119. The van der Waals surface area contributed by atoms with Gasteiger partial charge in [0.05, 0.1) is 17.8 Å². The minimum atomic E-state index is -0.223. The predicted molar refractivity (Wildman–Crippen MR) is 138 cm³/mol. The van der Waals surface area contributed by atoms with Gasteiger partial charge in [0, 0.05) is 29.5 Å². The van der Waals surface area contributed by atoms with Crippen LogP contribution in [0.2, 0.25) is 0 Å². The number of para-hydroxylation sites is 1. The monoisotopic (exact) mass is 467 g/mol. The van der Waals surface area contributed by atoms with Gasteiger partial charge in [-0.15, -0.1) is 0 Å². The van der Waals surface area contributed by atoms with E-state index in [1.165, 1.54) is 5.56 Å². The number of hydrogen-bond acceptors (Lipinski definition) is 3. The summed E-state index contributed by atoms with van der Waals surface area (Å²) in [7, 11) is 0. The lowest BCUT2D eigenvalue weighted by Crippen LogP contribution is -2.37. The number of nitrogens with zero attached hydrogens (tertiary/aromatic N) is 3. The maximum absolute atomic E-state index is 13.0. The van der Waals surface area contributed by atoms with Crippen molar-refractivity contribution >= 4 is 28.9 Å². The van der Waals surface area contributed by atoms with Gasteiger partial charge in [-0.05, 0) is 73.2 Å². The molecule has 3 heterocycles. The van der Waals surface area contributed by atoms with Crippen LogP contribution in [0.4, 0.5) is 5.69 Å². The number of amides is 1. The Labute approximate surface area is 204 Å². The van der Waals surface area contributed by atoms with Crippen LogP contribution in [-0.4, -0.2) is 32.0 Å². The fraction of sp³-hybridized carbons (Fsp3) is 0.148. The molecule has 2 aromatic heterocycles. The number of thiocarbonyl (C=S) groups is 1. The summed E-state index contributed by atoms with van der Waals surface area (Å²) in [4.78, 5) is 19.6. The number of aryl methyl sites for hydroxylation is 1. The van der Waals surface area contributed by atoms with Gasteiger partial charge in [0.2, 0.25) is 5.91 Å². The van der Waals surface area contributed by atoms with Gasteiger partial charge in [-0.2, -0.15) is 0 Å². The molecule has 1 fully saturated rings. The van der Waals surface area contributed by atoms with Gasteiger partial charge in [-0.3, -0.25) is 9.78 Å². The number of carbonyl (C=O) groups is 1. The highest BCUT2D eigenvalue weighted by Crippen LogP contribution is 2.39. The van der Waals surface area contributed by atoms with Crippen molar-refractivity contribution in [3.63, 3.8) is 0 Å². The highest BCUT2D eigenvalue weighted by Gasteiger charge is 2.42. The van der Waals surface area contributed by atoms with E-state index in [2.05, 4.69) is 51.4 Å². The summed E-state index contributed by atoms with van der Waals surface area (Å²) in [5, 5.41) is 6.92. The zero-order valence-corrected chi connectivity index (χ0v) is 19.6. The van der Waals surface area contributed by atoms with Crippen molar-refractivity contribution in [1.82, 2.24) is 19.8 Å². The molecule has 1 aliphatic heterocycles. The van der Waals surface area contributed by atoms with E-state index in [0.29, 0.717) is 5.11 Å². The molecule has 6 nitrogen and oxygen atoms in total. The van der Waals surface area contributed by atoms with E-state index in [0.717, 1.165) is 22.8 Å². The lowest BCUT2D eigenvalue weighted by Gasteiger charge is -2.28. The summed E-state index contributed by atoms with van der Waals surface area (Å²) >= 11 is 5.73. The molecule has 2 N–H and O–H groups in total. The average Bonchev–Trinajstić information content (AvgIpc) is 3.45. The second kappa shape index (κ2) is 9.49. The summed E-state index contributed by atoms with van der Waals surface area (Å²) < 4.78 is 2.16. The normalized spacial score (nSPS) is 17.4. The molecule has 2 atom stereocenters. The summed E-state index contributed by atoms with van der Waals surface area (Å²) in [5.74, 6) is -0.129. The topological polar surface area (TPSA) is 62.2 Å². The molecule has 1 aliphatic rings. The molecule has 0 aliphatic carbocycles. The lowest BCUT2D eigenvalue weighted by molar-refractivity contribution is -0.116. The molecule has 0 saturated carbocycles. The molecule has 5 rings (SSSR count). The Morgan fingerprint density at radius 2 is 1.85 bits per heavy atom. The number of pyridine rings is 1. The first-order valence-electron chi connectivity index (χ1n) is 11.2. The van der Waals surface area contributed by atoms with Gasteiger partial charge < -0.3 is 20.1 Å². The highest BCUT2D eigenvalue weighted by molar-refractivity contribution is 7.80. The summed E-state index contributed by atoms with van der Waals surface area (Å²) in [6, 6.07) is 27.3. The number of aromatic nitrogens is 2. The number of hydrogen-bond donors (Lipinski definition) is 2. The van der Waals surface area contributed by atoms with Gasteiger partial charge in [0.25, 0.3) is 0 Å². The molecule has 0 spiro atoms. The maximum atomic E-state index is 13.0. The maximum Gasteiger partial charge on any atom is 0.244 e. The van der Waals surface area contributed by atoms with Crippen LogP contribution in [0.1, 0.15) is 29.0 Å². The number of nitrogens with one attached hydrogen (secondary N) is 2. The number of benzene rings is 2. The third kappa shape index (κ3) is 4.43. The van der Waals surface area contributed by atoms with Crippen LogP contribution < -0.4 is 10.6 Å². The fourth-order valence-corrected chi connectivity index (χ4v) is 4.73. The van der Waals surface area contributed by atoms with Crippen molar-refractivity contribution in [2.75, 3.05) is 11.9 Å². The molecule has 0 unspecified atom stereocenters. The van der Waals surface area contributed by atoms with E-state index < -0.39 is 0 Å². The van der Waals surface area contributed by atoms with E-state index in [1.807, 2.05) is 71.8 Å². The molecule has 170 valence electrons.